The number of amides is 2. The maximum atomic E-state index is 12.8. The lowest BCUT2D eigenvalue weighted by molar-refractivity contribution is -0.0581. The zero-order valence-electron chi connectivity index (χ0n) is 60.8. The molecule has 6 fully saturated rings. The van der Waals surface area contributed by atoms with E-state index in [0.29, 0.717) is 63.6 Å². The van der Waals surface area contributed by atoms with E-state index in [-0.39, 0.29) is 75.9 Å². The molecule has 0 bridgehead atoms. The molecular weight excluding hydrogens is 1270 g/mol. The fraction of sp³-hybridized carbons (Fsp3) is 0.919. The first kappa shape index (κ1) is 79.7. The summed E-state index contributed by atoms with van der Waals surface area (Å²) < 4.78 is 88.9. The molecule has 8 aliphatic carbocycles. The number of phosphoric acid groups is 2. The molecule has 4 N–H and O–H groups in total. The van der Waals surface area contributed by atoms with Gasteiger partial charge in [-0.25, -0.2) is 18.7 Å². The van der Waals surface area contributed by atoms with Gasteiger partial charge in [0.05, 0.1) is 106 Å². The summed E-state index contributed by atoms with van der Waals surface area (Å²) in [7, 11) is -8.98. The average molecular weight is 1400 g/mol. The van der Waals surface area contributed by atoms with Crippen molar-refractivity contribution >= 4 is 27.8 Å². The molecule has 0 radical (unpaired) electrons. The lowest BCUT2D eigenvalue weighted by atomic mass is 9.47. The highest BCUT2D eigenvalue weighted by Crippen LogP contribution is 2.69. The standard InChI is InChI=1S/C74H130N2O18P2/c1-53(2)13-11-15-55(5)63-21-23-65-61-19-17-57-51-59(25-29-71(57,7)67(61)27-31-73(63,65)9)93-69(77)75-33-35-83-37-39-85-41-43-87-45-47-89-95(79,80)91-49-50-92-96(81,82)90-48-46-88-44-42-86-40-38-84-36-34-76-70(78)94-60-26-30-72(8)58(52-60)18-20-62-66-24-22-64(56(6)16-12-14-54(3)4)74(66,10)32-28-68(62)72/h17-18,53-56,59-68H,11-16,19-52H2,1-10H3,(H,75,77)(H,76,78)(H,79,80)(H,81,82)/t55?,56?,59-,60-,61?,62?,63?,64?,65?,66?,67?,68?,71-,72-,73+,74+/m1/s1. The Morgan fingerprint density at radius 2 is 0.781 bits per heavy atom. The van der Waals surface area contributed by atoms with Crippen LogP contribution in [-0.4, -0.2) is 153 Å². The number of fused-ring (bicyclic) bond motifs is 10. The highest BCUT2D eigenvalue weighted by molar-refractivity contribution is 7.47. The molecule has 0 aromatic rings. The van der Waals surface area contributed by atoms with Gasteiger partial charge in [0.2, 0.25) is 0 Å². The summed E-state index contributed by atoms with van der Waals surface area (Å²) in [5, 5.41) is 5.68. The number of hydrogen-bond acceptors (Lipinski definition) is 16. The van der Waals surface area contributed by atoms with E-state index in [4.69, 9.17) is 56.0 Å². The Labute approximate surface area is 577 Å². The molecule has 96 heavy (non-hydrogen) atoms. The van der Waals surface area contributed by atoms with Crippen molar-refractivity contribution in [2.24, 2.45) is 92.7 Å². The molecule has 22 heteroatoms. The van der Waals surface area contributed by atoms with Gasteiger partial charge < -0.3 is 58.3 Å². The molecule has 12 unspecified atom stereocenters. The van der Waals surface area contributed by atoms with Gasteiger partial charge in [-0.2, -0.15) is 0 Å². The summed E-state index contributed by atoms with van der Waals surface area (Å²) in [6.45, 7) is 26.8. The van der Waals surface area contributed by atoms with E-state index < -0.39 is 41.0 Å². The molecule has 0 aliphatic heterocycles. The third kappa shape index (κ3) is 22.3. The second-order valence-corrected chi connectivity index (χ2v) is 34.8. The Bertz CT molecular complexity index is 2370. The number of ether oxygens (including phenoxy) is 8. The zero-order chi connectivity index (χ0) is 69.0. The first-order chi connectivity index (χ1) is 45.9. The predicted octanol–water partition coefficient (Wildman–Crippen LogP) is 15.6. The Hall–Kier alpha value is -2.00. The van der Waals surface area contributed by atoms with Gasteiger partial charge in [0.25, 0.3) is 0 Å². The second-order valence-electron chi connectivity index (χ2n) is 31.9. The smallest absolute Gasteiger partial charge is 0.446 e. The van der Waals surface area contributed by atoms with Crippen LogP contribution in [0.25, 0.3) is 0 Å². The second kappa shape index (κ2) is 38.0. The summed E-state index contributed by atoms with van der Waals surface area (Å²) in [5.74, 6) is 9.57. The van der Waals surface area contributed by atoms with Gasteiger partial charge in [0.15, 0.2) is 0 Å². The van der Waals surface area contributed by atoms with Crippen molar-refractivity contribution in [1.82, 2.24) is 10.6 Å². The van der Waals surface area contributed by atoms with Crippen LogP contribution in [0.5, 0.6) is 0 Å². The molecule has 0 aromatic carbocycles. The number of phosphoric ester groups is 2. The number of rotatable bonds is 43. The fourth-order valence-corrected chi connectivity index (χ4v) is 21.6. The summed E-state index contributed by atoms with van der Waals surface area (Å²) in [5.41, 5.74) is 4.37. The number of carbonyl (C=O) groups is 2. The highest BCUT2D eigenvalue weighted by atomic mass is 31.2. The lowest BCUT2D eigenvalue weighted by Crippen LogP contribution is -2.51. The lowest BCUT2D eigenvalue weighted by Gasteiger charge is -2.58. The van der Waals surface area contributed by atoms with Gasteiger partial charge in [-0.15, -0.1) is 0 Å². The van der Waals surface area contributed by atoms with Gasteiger partial charge in [-0.1, -0.05) is 131 Å². The normalized spacial score (nSPS) is 33.4. The van der Waals surface area contributed by atoms with Crippen LogP contribution in [-0.2, 0) is 65.1 Å². The Morgan fingerprint density at radius 1 is 0.448 bits per heavy atom. The Balaban J connectivity index is 0.547. The molecule has 18 atom stereocenters. The van der Waals surface area contributed by atoms with Gasteiger partial charge in [0, 0.05) is 25.9 Å². The van der Waals surface area contributed by atoms with E-state index in [2.05, 4.69) is 92.0 Å². The Kier molecular flexibility index (Phi) is 31.5. The molecule has 0 heterocycles. The third-order valence-corrected chi connectivity index (χ3v) is 27.2. The first-order valence-electron chi connectivity index (χ1n) is 37.9. The molecular formula is C74H130N2O18P2. The average Bonchev–Trinajstić information content (AvgIpc) is 1.40. The van der Waals surface area contributed by atoms with Crippen LogP contribution in [0.1, 0.15) is 210 Å². The fourth-order valence-electron chi connectivity index (χ4n) is 20.2. The number of allylic oxidation sites excluding steroid dienone is 2. The van der Waals surface area contributed by atoms with Crippen molar-refractivity contribution in [1.29, 1.82) is 0 Å². The number of carbonyl (C=O) groups excluding carboxylic acids is 2. The van der Waals surface area contributed by atoms with Crippen LogP contribution >= 0.6 is 15.6 Å². The van der Waals surface area contributed by atoms with E-state index >= 15 is 0 Å². The van der Waals surface area contributed by atoms with Crippen LogP contribution in [0.3, 0.4) is 0 Å². The summed E-state index contributed by atoms with van der Waals surface area (Å²) in [6, 6.07) is 0. The van der Waals surface area contributed by atoms with Crippen molar-refractivity contribution < 1.29 is 84.5 Å². The van der Waals surface area contributed by atoms with Crippen molar-refractivity contribution in [2.75, 3.05) is 119 Å². The van der Waals surface area contributed by atoms with Gasteiger partial charge in [0.1, 0.15) is 12.2 Å². The largest absolute Gasteiger partial charge is 0.472 e. The van der Waals surface area contributed by atoms with Crippen molar-refractivity contribution in [3.63, 3.8) is 0 Å². The number of nitrogens with one attached hydrogen (secondary N) is 2. The van der Waals surface area contributed by atoms with E-state index in [9.17, 15) is 28.5 Å². The molecule has 0 spiro atoms. The van der Waals surface area contributed by atoms with Gasteiger partial charge >= 0.3 is 27.8 Å². The van der Waals surface area contributed by atoms with E-state index in [1.54, 1.807) is 0 Å². The highest BCUT2D eigenvalue weighted by Gasteiger charge is 2.61. The van der Waals surface area contributed by atoms with E-state index in [1.807, 2.05) is 0 Å². The summed E-state index contributed by atoms with van der Waals surface area (Å²) in [4.78, 5) is 45.5. The van der Waals surface area contributed by atoms with Crippen LogP contribution < -0.4 is 10.6 Å². The van der Waals surface area contributed by atoms with E-state index in [0.717, 1.165) is 110 Å². The van der Waals surface area contributed by atoms with Crippen molar-refractivity contribution in [3.05, 3.63) is 23.3 Å². The van der Waals surface area contributed by atoms with Crippen molar-refractivity contribution in [2.45, 2.75) is 223 Å². The minimum Gasteiger partial charge on any atom is -0.446 e. The van der Waals surface area contributed by atoms with Crippen LogP contribution in [0.15, 0.2) is 23.3 Å². The van der Waals surface area contributed by atoms with Gasteiger partial charge in [-0.3, -0.25) is 18.1 Å². The minimum atomic E-state index is -4.49. The predicted molar refractivity (Wildman–Crippen MR) is 371 cm³/mol. The third-order valence-electron chi connectivity index (χ3n) is 25.1. The number of hydrogen-bond donors (Lipinski definition) is 4. The number of alkyl carbamates (subject to hydrolysis) is 2. The quantitative estimate of drug-likeness (QED) is 0.0252. The molecule has 8 rings (SSSR count). The SMILES string of the molecule is CC(C)CCCC(C)C1CCC2C3CC=C4C[C@H](OC(=O)NCCOCCOCCOCCOP(=O)(O)OCCOP(=O)(O)OCCOCCOCCOCCNC(=O)O[C@@H]5CC[C@]6(C)C(=CCC7C8CCC(C(C)CCCC(C)C)[C@]8(C)CCC76)C5)CC[C@@]4(C)C3CC[C@@]12C. The molecule has 8 aliphatic rings. The van der Waals surface area contributed by atoms with Crippen LogP contribution in [0, 0.1) is 92.7 Å². The van der Waals surface area contributed by atoms with Gasteiger partial charge in [-0.05, 0) is 183 Å². The van der Waals surface area contributed by atoms with Crippen LogP contribution in [0.4, 0.5) is 9.59 Å². The Morgan fingerprint density at radius 3 is 1.14 bits per heavy atom. The molecule has 554 valence electrons. The molecule has 20 nitrogen and oxygen atoms in total. The maximum Gasteiger partial charge on any atom is 0.472 e. The van der Waals surface area contributed by atoms with E-state index in [1.165, 1.54) is 114 Å². The van der Waals surface area contributed by atoms with Crippen molar-refractivity contribution in [3.8, 4) is 0 Å². The molecule has 0 aromatic heterocycles. The summed E-state index contributed by atoms with van der Waals surface area (Å²) >= 11 is 0. The minimum absolute atomic E-state index is 0.0109. The molecule has 0 saturated heterocycles. The summed E-state index contributed by atoms with van der Waals surface area (Å²) in [6.07, 6.45) is 31.1. The zero-order valence-corrected chi connectivity index (χ0v) is 62.6. The monoisotopic (exact) mass is 1400 g/mol. The molecule has 2 amide bonds. The topological polar surface area (TPSA) is 244 Å². The maximum absolute atomic E-state index is 12.8. The first-order valence-corrected chi connectivity index (χ1v) is 40.8. The molecule has 6 saturated carbocycles. The van der Waals surface area contributed by atoms with Crippen LogP contribution in [0.2, 0.25) is 0 Å².